The summed E-state index contributed by atoms with van der Waals surface area (Å²) >= 11 is 0. The van der Waals surface area contributed by atoms with E-state index in [2.05, 4.69) is 10.1 Å². The second-order valence-corrected chi connectivity index (χ2v) is 3.81. The minimum atomic E-state index is -0.755. The number of esters is 2. The number of ether oxygens (including phenoxy) is 4. The molecule has 0 aliphatic carbocycles. The lowest BCUT2D eigenvalue weighted by molar-refractivity contribution is -0.149. The largest absolute Gasteiger partial charge is 0.493 e. The first-order chi connectivity index (χ1) is 9.63. The van der Waals surface area contributed by atoms with E-state index in [0.717, 1.165) is 6.26 Å². The third kappa shape index (κ3) is 6.07. The van der Waals surface area contributed by atoms with Crippen LogP contribution in [0.1, 0.15) is 12.8 Å². The molecule has 0 atom stereocenters. The summed E-state index contributed by atoms with van der Waals surface area (Å²) in [6.45, 7) is 0.518. The maximum absolute atomic E-state index is 11.4. The van der Waals surface area contributed by atoms with Crippen molar-refractivity contribution in [3.05, 3.63) is 12.0 Å². The summed E-state index contributed by atoms with van der Waals surface area (Å²) in [5.41, 5.74) is 0. The van der Waals surface area contributed by atoms with Crippen LogP contribution >= 0.6 is 0 Å². The smallest absolute Gasteiger partial charge is 0.377 e. The highest BCUT2D eigenvalue weighted by atomic mass is 16.6. The van der Waals surface area contributed by atoms with Gasteiger partial charge in [0.1, 0.15) is 19.5 Å². The van der Waals surface area contributed by atoms with E-state index in [9.17, 15) is 14.4 Å². The molecule has 8 nitrogen and oxygen atoms in total. The van der Waals surface area contributed by atoms with Gasteiger partial charge in [0.05, 0.1) is 7.11 Å². The SMILES string of the molecule is COC(=O)CCCNC(=O)COC(=O)C1=COCCO1. The molecule has 8 heteroatoms. The van der Waals surface area contributed by atoms with Crippen molar-refractivity contribution in [1.82, 2.24) is 5.32 Å². The lowest BCUT2D eigenvalue weighted by Gasteiger charge is -2.14. The number of hydrogen-bond donors (Lipinski definition) is 1. The standard InChI is InChI=1S/C12H17NO7/c1-17-11(15)3-2-4-13-10(14)8-20-12(16)9-7-18-5-6-19-9/h7H,2-6,8H2,1H3,(H,13,14). The molecule has 1 heterocycles. The first-order valence-corrected chi connectivity index (χ1v) is 6.08. The van der Waals surface area contributed by atoms with Crippen molar-refractivity contribution in [2.24, 2.45) is 0 Å². The van der Waals surface area contributed by atoms with Crippen LogP contribution < -0.4 is 5.32 Å². The van der Waals surface area contributed by atoms with Gasteiger partial charge in [-0.2, -0.15) is 0 Å². The zero-order chi connectivity index (χ0) is 14.8. The quantitative estimate of drug-likeness (QED) is 0.497. The van der Waals surface area contributed by atoms with E-state index in [1.165, 1.54) is 7.11 Å². The highest BCUT2D eigenvalue weighted by Gasteiger charge is 2.17. The summed E-state index contributed by atoms with van der Waals surface area (Å²) in [6.07, 6.45) is 1.82. The lowest BCUT2D eigenvalue weighted by Crippen LogP contribution is -2.30. The molecule has 1 amide bonds. The topological polar surface area (TPSA) is 100 Å². The zero-order valence-electron chi connectivity index (χ0n) is 11.2. The van der Waals surface area contributed by atoms with Gasteiger partial charge in [-0.25, -0.2) is 4.79 Å². The second kappa shape index (κ2) is 8.78. The van der Waals surface area contributed by atoms with Gasteiger partial charge in [0.15, 0.2) is 6.61 Å². The van der Waals surface area contributed by atoms with E-state index < -0.39 is 18.5 Å². The van der Waals surface area contributed by atoms with Crippen molar-refractivity contribution < 1.29 is 33.3 Å². The van der Waals surface area contributed by atoms with Crippen LogP contribution in [0, 0.1) is 0 Å². The Hall–Kier alpha value is -2.25. The summed E-state index contributed by atoms with van der Waals surface area (Å²) in [7, 11) is 1.30. The molecule has 0 radical (unpaired) electrons. The number of carbonyl (C=O) groups is 3. The number of amides is 1. The number of methoxy groups -OCH3 is 1. The van der Waals surface area contributed by atoms with Gasteiger partial charge in [0.25, 0.3) is 5.91 Å². The van der Waals surface area contributed by atoms with Gasteiger partial charge >= 0.3 is 11.9 Å². The Bertz CT molecular complexity index is 391. The van der Waals surface area contributed by atoms with Crippen LogP contribution in [-0.4, -0.2) is 51.3 Å². The molecule has 0 saturated heterocycles. The van der Waals surface area contributed by atoms with Gasteiger partial charge in [-0.15, -0.1) is 0 Å². The molecule has 1 N–H and O–H groups in total. The van der Waals surface area contributed by atoms with E-state index in [1.807, 2.05) is 0 Å². The summed E-state index contributed by atoms with van der Waals surface area (Å²) in [4.78, 5) is 33.6. The van der Waals surface area contributed by atoms with Crippen molar-refractivity contribution >= 4 is 17.8 Å². The fourth-order valence-corrected chi connectivity index (χ4v) is 1.29. The normalized spacial score (nSPS) is 13.3. The number of hydrogen-bond acceptors (Lipinski definition) is 7. The van der Waals surface area contributed by atoms with Gasteiger partial charge in [0, 0.05) is 13.0 Å². The second-order valence-electron chi connectivity index (χ2n) is 3.81. The maximum Gasteiger partial charge on any atom is 0.377 e. The maximum atomic E-state index is 11.4. The lowest BCUT2D eigenvalue weighted by atomic mass is 10.3. The van der Waals surface area contributed by atoms with Crippen molar-refractivity contribution in [2.75, 3.05) is 33.5 Å². The summed E-state index contributed by atoms with van der Waals surface area (Å²) in [5, 5.41) is 2.50. The third-order valence-corrected chi connectivity index (χ3v) is 2.29. The molecule has 1 rings (SSSR count). The van der Waals surface area contributed by atoms with E-state index in [0.29, 0.717) is 19.6 Å². The average Bonchev–Trinajstić information content (AvgIpc) is 2.49. The number of carbonyl (C=O) groups excluding carboxylic acids is 3. The van der Waals surface area contributed by atoms with E-state index in [4.69, 9.17) is 14.2 Å². The molecule has 0 fully saturated rings. The Morgan fingerprint density at radius 2 is 2.15 bits per heavy atom. The predicted molar refractivity (Wildman–Crippen MR) is 65.2 cm³/mol. The van der Waals surface area contributed by atoms with Crippen molar-refractivity contribution in [2.45, 2.75) is 12.8 Å². The van der Waals surface area contributed by atoms with Crippen LogP contribution in [0.25, 0.3) is 0 Å². The third-order valence-electron chi connectivity index (χ3n) is 2.29. The minimum Gasteiger partial charge on any atom is -0.493 e. The summed E-state index contributed by atoms with van der Waals surface area (Å²) in [5.74, 6) is -1.61. The number of nitrogens with one attached hydrogen (secondary N) is 1. The van der Waals surface area contributed by atoms with Gasteiger partial charge in [-0.05, 0) is 6.42 Å². The Labute approximate surface area is 116 Å². The molecule has 0 aromatic heterocycles. The minimum absolute atomic E-state index is 0.0604. The Morgan fingerprint density at radius 3 is 2.80 bits per heavy atom. The van der Waals surface area contributed by atoms with Gasteiger partial charge in [-0.3, -0.25) is 9.59 Å². The van der Waals surface area contributed by atoms with Crippen LogP contribution in [0.5, 0.6) is 0 Å². The molecule has 0 spiro atoms. The monoisotopic (exact) mass is 287 g/mol. The van der Waals surface area contributed by atoms with Gasteiger partial charge < -0.3 is 24.3 Å². The molecule has 20 heavy (non-hydrogen) atoms. The summed E-state index contributed by atoms with van der Waals surface area (Å²) < 4.78 is 19.1. The van der Waals surface area contributed by atoms with Crippen molar-refractivity contribution in [3.8, 4) is 0 Å². The van der Waals surface area contributed by atoms with E-state index in [1.54, 1.807) is 0 Å². The van der Waals surface area contributed by atoms with Crippen LogP contribution in [0.3, 0.4) is 0 Å². The highest BCUT2D eigenvalue weighted by Crippen LogP contribution is 2.05. The van der Waals surface area contributed by atoms with Crippen LogP contribution in [0.2, 0.25) is 0 Å². The Balaban J connectivity index is 2.12. The van der Waals surface area contributed by atoms with Crippen molar-refractivity contribution in [3.63, 3.8) is 0 Å². The summed E-state index contributed by atoms with van der Waals surface area (Å²) in [6, 6.07) is 0. The molecule has 0 saturated carbocycles. The molecule has 1 aliphatic heterocycles. The van der Waals surface area contributed by atoms with Crippen molar-refractivity contribution in [1.29, 1.82) is 0 Å². The fourth-order valence-electron chi connectivity index (χ4n) is 1.29. The molecule has 0 unspecified atom stereocenters. The molecular formula is C12H17NO7. The average molecular weight is 287 g/mol. The highest BCUT2D eigenvalue weighted by molar-refractivity contribution is 5.88. The van der Waals surface area contributed by atoms with Gasteiger partial charge in [0.2, 0.25) is 5.76 Å². The van der Waals surface area contributed by atoms with Gasteiger partial charge in [-0.1, -0.05) is 0 Å². The molecule has 1 aliphatic rings. The van der Waals surface area contributed by atoms with Crippen LogP contribution in [-0.2, 0) is 33.3 Å². The predicted octanol–water partition coefficient (Wildman–Crippen LogP) is -0.513. The fraction of sp³-hybridized carbons (Fsp3) is 0.583. The Morgan fingerprint density at radius 1 is 1.35 bits per heavy atom. The van der Waals surface area contributed by atoms with Crippen LogP contribution in [0.4, 0.5) is 0 Å². The van der Waals surface area contributed by atoms with E-state index in [-0.39, 0.29) is 24.8 Å². The molecule has 0 bridgehead atoms. The molecule has 0 aromatic rings. The Kier molecular flexibility index (Phi) is 6.94. The van der Waals surface area contributed by atoms with Crippen LogP contribution in [0.15, 0.2) is 12.0 Å². The zero-order valence-corrected chi connectivity index (χ0v) is 11.2. The number of rotatable bonds is 7. The molecular weight excluding hydrogens is 270 g/mol. The first-order valence-electron chi connectivity index (χ1n) is 6.08. The molecule has 112 valence electrons. The molecule has 0 aromatic carbocycles. The van der Waals surface area contributed by atoms with E-state index >= 15 is 0 Å². The first kappa shape index (κ1) is 15.8.